The third-order valence-corrected chi connectivity index (χ3v) is 6.85. The van der Waals surface area contributed by atoms with Gasteiger partial charge in [0.1, 0.15) is 17.8 Å². The molecule has 2 bridgehead atoms. The Kier molecular flexibility index (Phi) is 4.04. The molecule has 0 N–H and O–H groups in total. The lowest BCUT2D eigenvalue weighted by atomic mass is 9.77. The van der Waals surface area contributed by atoms with E-state index in [9.17, 15) is 14.4 Å². The van der Waals surface area contributed by atoms with Crippen molar-refractivity contribution in [2.45, 2.75) is 76.6 Å². The summed E-state index contributed by atoms with van der Waals surface area (Å²) in [5, 5.41) is 0. The zero-order chi connectivity index (χ0) is 17.8. The molecule has 1 heterocycles. The Morgan fingerprint density at radius 1 is 1.20 bits per heavy atom. The minimum Gasteiger partial charge on any atom is -0.459 e. The Morgan fingerprint density at radius 3 is 2.56 bits per heavy atom. The number of esters is 3. The number of hydrogen-bond donors (Lipinski definition) is 0. The van der Waals surface area contributed by atoms with E-state index in [1.54, 1.807) is 0 Å². The lowest BCUT2D eigenvalue weighted by Gasteiger charge is -2.38. The number of hydrogen-bond acceptors (Lipinski definition) is 6. The molecule has 0 aromatic carbocycles. The van der Waals surface area contributed by atoms with Gasteiger partial charge in [-0.25, -0.2) is 0 Å². The molecular formula is C19H26O6. The van der Waals surface area contributed by atoms with Gasteiger partial charge >= 0.3 is 17.9 Å². The highest BCUT2D eigenvalue weighted by Gasteiger charge is 2.70. The number of rotatable bonds is 4. The first kappa shape index (κ1) is 16.9. The normalized spacial score (nSPS) is 40.6. The molecule has 0 amide bonds. The van der Waals surface area contributed by atoms with Crippen LogP contribution >= 0.6 is 0 Å². The Hall–Kier alpha value is -1.59. The van der Waals surface area contributed by atoms with Crippen LogP contribution in [0, 0.1) is 23.7 Å². The van der Waals surface area contributed by atoms with Crippen LogP contribution in [-0.2, 0) is 28.6 Å². The Labute approximate surface area is 147 Å². The fourth-order valence-corrected chi connectivity index (χ4v) is 5.67. The van der Waals surface area contributed by atoms with Gasteiger partial charge in [-0.3, -0.25) is 14.4 Å². The average Bonchev–Trinajstić information content (AvgIpc) is 3.19. The highest BCUT2D eigenvalue weighted by molar-refractivity contribution is 5.86. The van der Waals surface area contributed by atoms with E-state index in [1.807, 2.05) is 0 Å². The molecule has 6 atom stereocenters. The van der Waals surface area contributed by atoms with Crippen LogP contribution in [0.4, 0.5) is 0 Å². The van der Waals surface area contributed by atoms with Crippen molar-refractivity contribution in [3.63, 3.8) is 0 Å². The molecule has 4 rings (SSSR count). The highest BCUT2D eigenvalue weighted by Crippen LogP contribution is 2.59. The average molecular weight is 350 g/mol. The van der Waals surface area contributed by atoms with Crippen molar-refractivity contribution in [2.24, 2.45) is 23.7 Å². The molecule has 4 fully saturated rings. The highest BCUT2D eigenvalue weighted by atomic mass is 16.6. The first-order chi connectivity index (χ1) is 12.0. The van der Waals surface area contributed by atoms with Gasteiger partial charge in [0.15, 0.2) is 0 Å². The summed E-state index contributed by atoms with van der Waals surface area (Å²) >= 11 is 0. The predicted octanol–water partition coefficient (Wildman–Crippen LogP) is 2.38. The van der Waals surface area contributed by atoms with E-state index in [1.165, 1.54) is 13.3 Å². The second-order valence-electron chi connectivity index (χ2n) is 8.11. The minimum absolute atomic E-state index is 0.0247. The van der Waals surface area contributed by atoms with Gasteiger partial charge in [0.05, 0.1) is 11.8 Å². The second kappa shape index (κ2) is 5.99. The topological polar surface area (TPSA) is 78.9 Å². The molecule has 0 aromatic heterocycles. The van der Waals surface area contributed by atoms with Crippen LogP contribution in [0.15, 0.2) is 0 Å². The van der Waals surface area contributed by atoms with Crippen molar-refractivity contribution in [1.82, 2.24) is 0 Å². The molecule has 3 aliphatic carbocycles. The largest absolute Gasteiger partial charge is 0.459 e. The van der Waals surface area contributed by atoms with Gasteiger partial charge in [0.25, 0.3) is 0 Å². The molecular weight excluding hydrogens is 324 g/mol. The third kappa shape index (κ3) is 2.56. The van der Waals surface area contributed by atoms with Crippen molar-refractivity contribution in [3.05, 3.63) is 0 Å². The van der Waals surface area contributed by atoms with Crippen LogP contribution in [0.3, 0.4) is 0 Å². The van der Waals surface area contributed by atoms with Crippen LogP contribution in [0.1, 0.15) is 58.8 Å². The molecule has 6 nitrogen and oxygen atoms in total. The van der Waals surface area contributed by atoms with Crippen molar-refractivity contribution >= 4 is 17.9 Å². The maximum Gasteiger partial charge on any atom is 0.310 e. The number of carbonyl (C=O) groups excluding carboxylic acids is 3. The van der Waals surface area contributed by atoms with E-state index in [-0.39, 0.29) is 29.9 Å². The van der Waals surface area contributed by atoms with Crippen molar-refractivity contribution in [2.75, 3.05) is 0 Å². The molecule has 6 unspecified atom stereocenters. The van der Waals surface area contributed by atoms with E-state index in [0.29, 0.717) is 6.42 Å². The van der Waals surface area contributed by atoms with E-state index < -0.39 is 29.5 Å². The summed E-state index contributed by atoms with van der Waals surface area (Å²) in [6.45, 7) is 3.41. The summed E-state index contributed by atoms with van der Waals surface area (Å²) in [5.74, 6) is -2.18. The monoisotopic (exact) mass is 350 g/mol. The molecule has 25 heavy (non-hydrogen) atoms. The van der Waals surface area contributed by atoms with Gasteiger partial charge in [-0.1, -0.05) is 13.3 Å². The Bertz CT molecular complexity index is 593. The van der Waals surface area contributed by atoms with E-state index >= 15 is 0 Å². The van der Waals surface area contributed by atoms with Crippen molar-refractivity contribution in [3.8, 4) is 0 Å². The predicted molar refractivity (Wildman–Crippen MR) is 86.2 cm³/mol. The van der Waals surface area contributed by atoms with Crippen molar-refractivity contribution in [1.29, 1.82) is 0 Å². The molecule has 0 spiro atoms. The van der Waals surface area contributed by atoms with E-state index in [0.717, 1.165) is 32.1 Å². The zero-order valence-corrected chi connectivity index (χ0v) is 14.9. The third-order valence-electron chi connectivity index (χ3n) is 6.85. The molecule has 3 saturated carbocycles. The number of ether oxygens (including phenoxy) is 3. The Balaban J connectivity index is 1.56. The maximum atomic E-state index is 13.1. The quantitative estimate of drug-likeness (QED) is 0.572. The van der Waals surface area contributed by atoms with Gasteiger partial charge in [0, 0.05) is 18.8 Å². The number of fused-ring (bicyclic) bond motifs is 1. The van der Waals surface area contributed by atoms with Gasteiger partial charge < -0.3 is 14.2 Å². The summed E-state index contributed by atoms with van der Waals surface area (Å²) in [7, 11) is 0. The van der Waals surface area contributed by atoms with Crippen molar-refractivity contribution < 1.29 is 28.6 Å². The molecule has 4 aliphatic rings. The molecule has 138 valence electrons. The molecule has 0 radical (unpaired) electrons. The lowest BCUT2D eigenvalue weighted by molar-refractivity contribution is -0.177. The zero-order valence-electron chi connectivity index (χ0n) is 14.9. The smallest absolute Gasteiger partial charge is 0.310 e. The summed E-state index contributed by atoms with van der Waals surface area (Å²) in [5.41, 5.74) is -0.393. The van der Waals surface area contributed by atoms with Crippen LogP contribution < -0.4 is 0 Å². The van der Waals surface area contributed by atoms with Crippen LogP contribution in [-0.4, -0.2) is 35.7 Å². The molecule has 6 heteroatoms. The molecule has 1 aliphatic heterocycles. The van der Waals surface area contributed by atoms with Gasteiger partial charge in [-0.05, 0) is 38.5 Å². The van der Waals surface area contributed by atoms with Crippen LogP contribution in [0.2, 0.25) is 0 Å². The molecule has 1 saturated heterocycles. The first-order valence-electron chi connectivity index (χ1n) is 9.56. The van der Waals surface area contributed by atoms with Gasteiger partial charge in [0.2, 0.25) is 0 Å². The maximum absolute atomic E-state index is 13.1. The number of carbonyl (C=O) groups is 3. The minimum atomic E-state index is -0.536. The van der Waals surface area contributed by atoms with E-state index in [2.05, 4.69) is 6.92 Å². The lowest BCUT2D eigenvalue weighted by Crippen LogP contribution is -2.46. The SMILES string of the molecule is CCC1(OC(=O)C2C3CC4C(OC(=O)C42)C3OC(C)=O)CCCCC1. The summed E-state index contributed by atoms with van der Waals surface area (Å²) in [4.78, 5) is 36.8. The fourth-order valence-electron chi connectivity index (χ4n) is 5.67. The molecule has 0 aromatic rings. The second-order valence-corrected chi connectivity index (χ2v) is 8.11. The fraction of sp³-hybridized carbons (Fsp3) is 0.842. The summed E-state index contributed by atoms with van der Waals surface area (Å²) in [6, 6.07) is 0. The van der Waals surface area contributed by atoms with Gasteiger partial charge in [-0.2, -0.15) is 0 Å². The standard InChI is InChI=1S/C19H26O6/c1-3-19(7-5-4-6-8-19)25-18(22)14-12-9-11-13(14)17(21)24-16(11)15(12)23-10(2)20/h11-16H,3-9H2,1-2H3. The van der Waals surface area contributed by atoms with E-state index in [4.69, 9.17) is 14.2 Å². The summed E-state index contributed by atoms with van der Waals surface area (Å²) < 4.78 is 16.9. The van der Waals surface area contributed by atoms with Gasteiger partial charge in [-0.15, -0.1) is 0 Å². The van der Waals surface area contributed by atoms with Crippen LogP contribution in [0.5, 0.6) is 0 Å². The summed E-state index contributed by atoms with van der Waals surface area (Å²) in [6.07, 6.45) is 5.70. The van der Waals surface area contributed by atoms with Crippen LogP contribution in [0.25, 0.3) is 0 Å². The first-order valence-corrected chi connectivity index (χ1v) is 9.56. The Morgan fingerprint density at radius 2 is 1.92 bits per heavy atom.